The average Bonchev–Trinajstić information content (AvgIpc) is 2.52. The van der Waals surface area contributed by atoms with Crippen molar-refractivity contribution in [2.45, 2.75) is 51.7 Å². The first-order valence-corrected chi connectivity index (χ1v) is 9.32. The highest BCUT2D eigenvalue weighted by atomic mass is 79.9. The number of piperidine rings is 1. The molecule has 1 N–H and O–H groups in total. The summed E-state index contributed by atoms with van der Waals surface area (Å²) in [6.07, 6.45) is 2.61. The lowest BCUT2D eigenvalue weighted by Crippen LogP contribution is -2.54. The van der Waals surface area contributed by atoms with Gasteiger partial charge >= 0.3 is 12.1 Å². The molecule has 26 heavy (non-hydrogen) atoms. The van der Waals surface area contributed by atoms with Gasteiger partial charge in [0.1, 0.15) is 5.60 Å². The molecule has 7 nitrogen and oxygen atoms in total. The van der Waals surface area contributed by atoms with Crippen molar-refractivity contribution >= 4 is 33.7 Å². The van der Waals surface area contributed by atoms with E-state index in [1.165, 1.54) is 7.11 Å². The molecule has 0 atom stereocenters. The molecule has 0 spiro atoms. The van der Waals surface area contributed by atoms with Gasteiger partial charge in [-0.1, -0.05) is 0 Å². The summed E-state index contributed by atoms with van der Waals surface area (Å²) in [5, 5.41) is 2.98. The van der Waals surface area contributed by atoms with Crippen LogP contribution in [0, 0.1) is 0 Å². The molecule has 0 aliphatic carbocycles. The maximum atomic E-state index is 12.1. The van der Waals surface area contributed by atoms with Gasteiger partial charge in [-0.2, -0.15) is 0 Å². The number of carbonyl (C=O) groups excluding carboxylic acids is 2. The topological polar surface area (TPSA) is 80.8 Å². The maximum Gasteiger partial charge on any atom is 0.408 e. The van der Waals surface area contributed by atoms with Gasteiger partial charge in [0.05, 0.1) is 12.8 Å². The van der Waals surface area contributed by atoms with Crippen molar-refractivity contribution in [1.29, 1.82) is 0 Å². The second-order valence-corrected chi connectivity index (χ2v) is 8.60. The fourth-order valence-electron chi connectivity index (χ4n) is 2.84. The molecule has 0 unspecified atom stereocenters. The van der Waals surface area contributed by atoms with E-state index in [2.05, 4.69) is 31.1 Å². The van der Waals surface area contributed by atoms with Gasteiger partial charge in [0.25, 0.3) is 0 Å². The molecule has 0 radical (unpaired) electrons. The average molecular weight is 428 g/mol. The highest BCUT2D eigenvalue weighted by molar-refractivity contribution is 9.10. The number of nitrogens with zero attached hydrogens (tertiary/aromatic N) is 2. The van der Waals surface area contributed by atoms with Gasteiger partial charge in [-0.3, -0.25) is 0 Å². The number of anilines is 1. The highest BCUT2D eigenvalue weighted by Crippen LogP contribution is 2.30. The number of rotatable bonds is 3. The molecule has 8 heteroatoms. The van der Waals surface area contributed by atoms with Crippen molar-refractivity contribution in [2.75, 3.05) is 25.1 Å². The van der Waals surface area contributed by atoms with E-state index in [0.717, 1.165) is 23.0 Å². The predicted molar refractivity (Wildman–Crippen MR) is 102 cm³/mol. The zero-order valence-electron chi connectivity index (χ0n) is 15.9. The van der Waals surface area contributed by atoms with Crippen molar-refractivity contribution in [2.24, 2.45) is 0 Å². The molecule has 1 aliphatic rings. The van der Waals surface area contributed by atoms with E-state index in [4.69, 9.17) is 9.47 Å². The zero-order valence-corrected chi connectivity index (χ0v) is 17.5. The van der Waals surface area contributed by atoms with E-state index < -0.39 is 17.7 Å². The molecule has 1 aromatic rings. The second kappa shape index (κ2) is 7.82. The standard InChI is InChI=1S/C18H26BrN3O4/c1-17(2,3)26-16(24)21-18(4)6-8-22(9-7-18)13-10-12(19)11-20-14(13)15(23)25-5/h10-11H,6-9H2,1-5H3,(H,21,24). The molecule has 1 saturated heterocycles. The molecular weight excluding hydrogens is 402 g/mol. The summed E-state index contributed by atoms with van der Waals surface area (Å²) in [7, 11) is 1.34. The number of hydrogen-bond acceptors (Lipinski definition) is 6. The van der Waals surface area contributed by atoms with E-state index in [1.54, 1.807) is 6.20 Å². The summed E-state index contributed by atoms with van der Waals surface area (Å²) < 4.78 is 11.0. The Bertz CT molecular complexity index is 680. The van der Waals surface area contributed by atoms with Crippen molar-refractivity contribution < 1.29 is 19.1 Å². The van der Waals surface area contributed by atoms with Crippen LogP contribution >= 0.6 is 15.9 Å². The molecule has 1 aliphatic heterocycles. The van der Waals surface area contributed by atoms with Crippen LogP contribution in [0.1, 0.15) is 51.0 Å². The van der Waals surface area contributed by atoms with Crippen LogP contribution in [0.25, 0.3) is 0 Å². The van der Waals surface area contributed by atoms with Gasteiger partial charge in [0.2, 0.25) is 0 Å². The molecule has 0 aromatic carbocycles. The normalized spacial score (nSPS) is 16.8. The Morgan fingerprint density at radius 2 is 1.92 bits per heavy atom. The van der Waals surface area contributed by atoms with Crippen LogP contribution in [0.2, 0.25) is 0 Å². The molecule has 2 rings (SSSR count). The molecular formula is C18H26BrN3O4. The maximum absolute atomic E-state index is 12.1. The Morgan fingerprint density at radius 1 is 1.31 bits per heavy atom. The molecule has 1 fully saturated rings. The number of methoxy groups -OCH3 is 1. The van der Waals surface area contributed by atoms with Crippen LogP contribution in [0.5, 0.6) is 0 Å². The van der Waals surface area contributed by atoms with Crippen molar-refractivity contribution in [3.63, 3.8) is 0 Å². The predicted octanol–water partition coefficient (Wildman–Crippen LogP) is 3.51. The van der Waals surface area contributed by atoms with E-state index >= 15 is 0 Å². The lowest BCUT2D eigenvalue weighted by Gasteiger charge is -2.41. The van der Waals surface area contributed by atoms with Gasteiger partial charge < -0.3 is 19.7 Å². The van der Waals surface area contributed by atoms with Crippen LogP contribution in [0.15, 0.2) is 16.7 Å². The number of aromatic nitrogens is 1. The first-order valence-electron chi connectivity index (χ1n) is 8.53. The van der Waals surface area contributed by atoms with E-state index in [0.29, 0.717) is 18.8 Å². The first-order chi connectivity index (χ1) is 12.0. The molecule has 2 heterocycles. The van der Waals surface area contributed by atoms with Crippen molar-refractivity contribution in [1.82, 2.24) is 10.3 Å². The van der Waals surface area contributed by atoms with Gasteiger partial charge in [-0.05, 0) is 62.5 Å². The molecule has 1 amide bonds. The largest absolute Gasteiger partial charge is 0.464 e. The van der Waals surface area contributed by atoms with Crippen molar-refractivity contribution in [3.8, 4) is 0 Å². The van der Waals surface area contributed by atoms with Crippen LogP contribution < -0.4 is 10.2 Å². The number of amides is 1. The zero-order chi connectivity index (χ0) is 19.5. The number of alkyl carbamates (subject to hydrolysis) is 1. The molecule has 1 aromatic heterocycles. The number of hydrogen-bond donors (Lipinski definition) is 1. The fraction of sp³-hybridized carbons (Fsp3) is 0.611. The summed E-state index contributed by atoms with van der Waals surface area (Å²) in [5.41, 5.74) is 0.132. The van der Waals surface area contributed by atoms with Crippen LogP contribution in [-0.4, -0.2) is 48.4 Å². The summed E-state index contributed by atoms with van der Waals surface area (Å²) in [6, 6.07) is 1.86. The monoisotopic (exact) mass is 427 g/mol. The van der Waals surface area contributed by atoms with Gasteiger partial charge in [-0.25, -0.2) is 14.6 Å². The number of nitrogens with one attached hydrogen (secondary N) is 1. The number of halogens is 1. The SMILES string of the molecule is COC(=O)c1ncc(Br)cc1N1CCC(C)(NC(=O)OC(C)(C)C)CC1. The summed E-state index contributed by atoms with van der Waals surface area (Å²) >= 11 is 3.40. The van der Waals surface area contributed by atoms with E-state index in [-0.39, 0.29) is 5.54 Å². The summed E-state index contributed by atoms with van der Waals surface area (Å²) in [4.78, 5) is 30.4. The summed E-state index contributed by atoms with van der Waals surface area (Å²) in [5.74, 6) is -0.465. The fourth-order valence-corrected chi connectivity index (χ4v) is 3.16. The molecule has 144 valence electrons. The minimum atomic E-state index is -0.529. The number of pyridine rings is 1. The smallest absolute Gasteiger partial charge is 0.408 e. The number of carbonyl (C=O) groups is 2. The Hall–Kier alpha value is -1.83. The van der Waals surface area contributed by atoms with Gasteiger partial charge in [0, 0.05) is 29.3 Å². The van der Waals surface area contributed by atoms with Crippen LogP contribution in [-0.2, 0) is 9.47 Å². The Kier molecular flexibility index (Phi) is 6.16. The quantitative estimate of drug-likeness (QED) is 0.743. The number of ether oxygens (including phenoxy) is 2. The lowest BCUT2D eigenvalue weighted by atomic mass is 9.89. The summed E-state index contributed by atoms with van der Waals surface area (Å²) in [6.45, 7) is 8.88. The first kappa shape index (κ1) is 20.5. The van der Waals surface area contributed by atoms with Crippen LogP contribution in [0.4, 0.5) is 10.5 Å². The molecule has 0 bridgehead atoms. The Morgan fingerprint density at radius 3 is 2.46 bits per heavy atom. The van der Waals surface area contributed by atoms with Gasteiger partial charge in [-0.15, -0.1) is 0 Å². The molecule has 0 saturated carbocycles. The third-order valence-corrected chi connectivity index (χ3v) is 4.66. The third-order valence-electron chi connectivity index (χ3n) is 4.22. The van der Waals surface area contributed by atoms with E-state index in [1.807, 2.05) is 33.8 Å². The minimum absolute atomic E-state index is 0.291. The van der Waals surface area contributed by atoms with Crippen LogP contribution in [0.3, 0.4) is 0 Å². The lowest BCUT2D eigenvalue weighted by molar-refractivity contribution is 0.0448. The highest BCUT2D eigenvalue weighted by Gasteiger charge is 2.34. The van der Waals surface area contributed by atoms with Gasteiger partial charge in [0.15, 0.2) is 5.69 Å². The Balaban J connectivity index is 2.07. The van der Waals surface area contributed by atoms with E-state index in [9.17, 15) is 9.59 Å². The van der Waals surface area contributed by atoms with Crippen molar-refractivity contribution in [3.05, 3.63) is 22.4 Å². The minimum Gasteiger partial charge on any atom is -0.464 e. The second-order valence-electron chi connectivity index (χ2n) is 7.69. The Labute approximate surface area is 162 Å². The number of esters is 1. The third kappa shape index (κ3) is 5.33.